The molecule has 0 spiro atoms. The number of rotatable bonds is 0. The largest absolute Gasteiger partial charge is 0.239 e. The van der Waals surface area contributed by atoms with Crippen molar-refractivity contribution >= 4 is 31.9 Å². The molecule has 0 bridgehead atoms. The van der Waals surface area contributed by atoms with Gasteiger partial charge in [-0.05, 0) is 0 Å². The molecule has 1 heterocycles. The minimum atomic E-state index is 0.576. The Balaban J connectivity index is 2.33. The molecule has 0 saturated carbocycles. The summed E-state index contributed by atoms with van der Waals surface area (Å²) in [6.07, 6.45) is 0. The van der Waals surface area contributed by atoms with E-state index in [1.807, 2.05) is 0 Å². The van der Waals surface area contributed by atoms with E-state index in [9.17, 15) is 0 Å². The Morgan fingerprint density at radius 3 is 1.71 bits per heavy atom. The highest BCUT2D eigenvalue weighted by molar-refractivity contribution is 9.12. The summed E-state index contributed by atoms with van der Waals surface area (Å²) in [6.45, 7) is 1.94. The quantitative estimate of drug-likeness (QED) is 0.551. The summed E-state index contributed by atoms with van der Waals surface area (Å²) in [4.78, 5) is 1.15. The van der Waals surface area contributed by atoms with Crippen LogP contribution in [0.5, 0.6) is 0 Å². The van der Waals surface area contributed by atoms with E-state index in [-0.39, 0.29) is 0 Å². The van der Waals surface area contributed by atoms with Gasteiger partial charge in [0.1, 0.15) is 0 Å². The molecular formula is C4H6Br2N. The average molecular weight is 228 g/mol. The second-order valence-corrected chi connectivity index (χ2v) is 3.97. The zero-order valence-corrected chi connectivity index (χ0v) is 6.94. The van der Waals surface area contributed by atoms with Crippen LogP contribution in [0.2, 0.25) is 0 Å². The summed E-state index contributed by atoms with van der Waals surface area (Å²) in [7, 11) is 0. The van der Waals surface area contributed by atoms with E-state index in [1.54, 1.807) is 0 Å². The van der Waals surface area contributed by atoms with Gasteiger partial charge in [-0.2, -0.15) is 0 Å². The van der Waals surface area contributed by atoms with Gasteiger partial charge in [0, 0.05) is 22.7 Å². The van der Waals surface area contributed by atoms with Crippen LogP contribution in [-0.2, 0) is 0 Å². The van der Waals surface area contributed by atoms with Gasteiger partial charge in [0.05, 0.1) is 0 Å². The van der Waals surface area contributed by atoms with Crippen molar-refractivity contribution in [2.75, 3.05) is 13.1 Å². The molecule has 7 heavy (non-hydrogen) atoms. The molecule has 0 aliphatic carbocycles. The predicted octanol–water partition coefficient (Wildman–Crippen LogP) is 1.13. The first-order chi connectivity index (χ1) is 3.30. The Bertz CT molecular complexity index is 58.7. The standard InChI is InChI=1S/C4H6Br2N/c5-3-1-7-2-4(3)6/h3-4H,1-2H2/t3-,4-/m1/s1. The first-order valence-corrected chi connectivity index (χ1v) is 4.05. The number of nitrogens with zero attached hydrogens (tertiary/aromatic N) is 1. The highest BCUT2D eigenvalue weighted by Crippen LogP contribution is 2.17. The first-order valence-electron chi connectivity index (χ1n) is 2.22. The topological polar surface area (TPSA) is 14.1 Å². The van der Waals surface area contributed by atoms with E-state index < -0.39 is 0 Å². The third kappa shape index (κ3) is 1.40. The molecule has 0 aromatic carbocycles. The molecule has 41 valence electrons. The number of hydrogen-bond donors (Lipinski definition) is 0. The second kappa shape index (κ2) is 2.46. The zero-order valence-electron chi connectivity index (χ0n) is 3.77. The minimum Gasteiger partial charge on any atom is -0.239 e. The van der Waals surface area contributed by atoms with Gasteiger partial charge in [-0.1, -0.05) is 31.9 Å². The van der Waals surface area contributed by atoms with Crippen molar-refractivity contribution in [2.45, 2.75) is 9.65 Å². The monoisotopic (exact) mass is 226 g/mol. The summed E-state index contributed by atoms with van der Waals surface area (Å²) < 4.78 is 0. The average Bonchev–Trinajstić information content (AvgIpc) is 1.91. The van der Waals surface area contributed by atoms with Gasteiger partial charge in [-0.15, -0.1) is 0 Å². The van der Waals surface area contributed by atoms with Crippen LogP contribution in [-0.4, -0.2) is 22.7 Å². The molecule has 0 unspecified atom stereocenters. The third-order valence-electron chi connectivity index (χ3n) is 0.999. The maximum atomic E-state index is 4.15. The highest BCUT2D eigenvalue weighted by atomic mass is 79.9. The third-order valence-corrected chi connectivity index (χ3v) is 3.56. The first kappa shape index (κ1) is 6.05. The van der Waals surface area contributed by atoms with Gasteiger partial charge in [-0.25, -0.2) is 5.32 Å². The van der Waals surface area contributed by atoms with Crippen molar-refractivity contribution in [2.24, 2.45) is 0 Å². The normalized spacial score (nSPS) is 42.0. The smallest absolute Gasteiger partial charge is 0.0425 e. The van der Waals surface area contributed by atoms with Crippen LogP contribution in [0.3, 0.4) is 0 Å². The molecule has 1 radical (unpaired) electrons. The summed E-state index contributed by atoms with van der Waals surface area (Å²) in [5.74, 6) is 0. The summed E-state index contributed by atoms with van der Waals surface area (Å²) >= 11 is 6.93. The fourth-order valence-electron chi connectivity index (χ4n) is 0.550. The van der Waals surface area contributed by atoms with Gasteiger partial charge in [0.15, 0.2) is 0 Å². The lowest BCUT2D eigenvalue weighted by molar-refractivity contribution is 0.843. The highest BCUT2D eigenvalue weighted by Gasteiger charge is 2.21. The Morgan fingerprint density at radius 2 is 1.57 bits per heavy atom. The van der Waals surface area contributed by atoms with Gasteiger partial charge < -0.3 is 0 Å². The second-order valence-electron chi connectivity index (χ2n) is 1.62. The van der Waals surface area contributed by atoms with Crippen LogP contribution in [0, 0.1) is 0 Å². The maximum absolute atomic E-state index is 4.15. The van der Waals surface area contributed by atoms with Crippen molar-refractivity contribution in [3.8, 4) is 0 Å². The Kier molecular flexibility index (Phi) is 2.13. The van der Waals surface area contributed by atoms with Crippen molar-refractivity contribution in [1.29, 1.82) is 0 Å². The molecule has 0 aromatic heterocycles. The van der Waals surface area contributed by atoms with Gasteiger partial charge in [0.2, 0.25) is 0 Å². The Labute approximate surface area is 60.1 Å². The van der Waals surface area contributed by atoms with E-state index in [1.165, 1.54) is 0 Å². The molecule has 1 rings (SSSR count). The van der Waals surface area contributed by atoms with Crippen molar-refractivity contribution in [1.82, 2.24) is 5.32 Å². The summed E-state index contributed by atoms with van der Waals surface area (Å²) in [5.41, 5.74) is 0. The zero-order chi connectivity index (χ0) is 5.28. The number of hydrogen-bond acceptors (Lipinski definition) is 0. The molecule has 1 aliphatic rings. The molecule has 3 heteroatoms. The maximum Gasteiger partial charge on any atom is 0.0425 e. The van der Waals surface area contributed by atoms with Crippen LogP contribution < -0.4 is 5.32 Å². The van der Waals surface area contributed by atoms with Gasteiger partial charge in [0.25, 0.3) is 0 Å². The molecule has 0 N–H and O–H groups in total. The van der Waals surface area contributed by atoms with Gasteiger partial charge >= 0.3 is 0 Å². The van der Waals surface area contributed by atoms with Crippen molar-refractivity contribution < 1.29 is 0 Å². The predicted molar refractivity (Wildman–Crippen MR) is 37.3 cm³/mol. The molecule has 2 atom stereocenters. The minimum absolute atomic E-state index is 0.576. The fourth-order valence-corrected chi connectivity index (χ4v) is 1.29. The molecule has 1 fully saturated rings. The lowest BCUT2D eigenvalue weighted by Gasteiger charge is -1.98. The van der Waals surface area contributed by atoms with E-state index in [4.69, 9.17) is 0 Å². The van der Waals surface area contributed by atoms with Crippen LogP contribution >= 0.6 is 31.9 Å². The lowest BCUT2D eigenvalue weighted by Crippen LogP contribution is -2.08. The van der Waals surface area contributed by atoms with E-state index in [0.717, 1.165) is 13.1 Å². The van der Waals surface area contributed by atoms with Crippen molar-refractivity contribution in [3.63, 3.8) is 0 Å². The summed E-state index contributed by atoms with van der Waals surface area (Å²) in [6, 6.07) is 0. The van der Waals surface area contributed by atoms with Crippen LogP contribution in [0.1, 0.15) is 0 Å². The fraction of sp³-hybridized carbons (Fsp3) is 1.00. The SMILES string of the molecule is Br[C@@H]1C[N]C[C@H]1Br. The summed E-state index contributed by atoms with van der Waals surface area (Å²) in [5, 5.41) is 4.15. The Hall–Kier alpha value is 0.920. The molecule has 1 nitrogen and oxygen atoms in total. The van der Waals surface area contributed by atoms with Crippen molar-refractivity contribution in [3.05, 3.63) is 0 Å². The van der Waals surface area contributed by atoms with Crippen LogP contribution in [0.25, 0.3) is 0 Å². The van der Waals surface area contributed by atoms with Crippen LogP contribution in [0.15, 0.2) is 0 Å². The number of alkyl halides is 2. The molecule has 0 amide bonds. The van der Waals surface area contributed by atoms with E-state index >= 15 is 0 Å². The number of halogens is 2. The van der Waals surface area contributed by atoms with E-state index in [2.05, 4.69) is 37.2 Å². The molecule has 0 aromatic rings. The molecule has 1 aliphatic heterocycles. The molecular weight excluding hydrogens is 222 g/mol. The molecule has 1 saturated heterocycles. The van der Waals surface area contributed by atoms with Gasteiger partial charge in [-0.3, -0.25) is 0 Å². The van der Waals surface area contributed by atoms with E-state index in [0.29, 0.717) is 9.65 Å². The Morgan fingerprint density at radius 1 is 1.14 bits per heavy atom. The van der Waals surface area contributed by atoms with Crippen LogP contribution in [0.4, 0.5) is 0 Å². The lowest BCUT2D eigenvalue weighted by atomic mass is 10.4.